The van der Waals surface area contributed by atoms with Crippen molar-refractivity contribution in [2.75, 3.05) is 0 Å². The van der Waals surface area contributed by atoms with E-state index < -0.39 is 0 Å². The van der Waals surface area contributed by atoms with E-state index in [2.05, 4.69) is 5.32 Å². The lowest BCUT2D eigenvalue weighted by Gasteiger charge is -2.20. The highest BCUT2D eigenvalue weighted by Gasteiger charge is 2.39. The summed E-state index contributed by atoms with van der Waals surface area (Å²) in [6.07, 6.45) is 6.04. The summed E-state index contributed by atoms with van der Waals surface area (Å²) in [6.45, 7) is 0.612. The first-order chi connectivity index (χ1) is 9.74. The van der Waals surface area contributed by atoms with Gasteiger partial charge in [0.2, 0.25) is 5.91 Å². The number of nitrogens with one attached hydrogen (secondary N) is 1. The zero-order chi connectivity index (χ0) is 13.9. The third kappa shape index (κ3) is 3.04. The second-order valence-corrected chi connectivity index (χ2v) is 6.39. The van der Waals surface area contributed by atoms with Gasteiger partial charge < -0.3 is 10.4 Å². The largest absolute Gasteiger partial charge is 0.392 e. The molecule has 3 unspecified atom stereocenters. The molecule has 0 saturated heterocycles. The third-order valence-electron chi connectivity index (χ3n) is 5.00. The van der Waals surface area contributed by atoms with Gasteiger partial charge in [-0.2, -0.15) is 0 Å². The van der Waals surface area contributed by atoms with Gasteiger partial charge in [0, 0.05) is 13.0 Å². The molecule has 2 bridgehead atoms. The fraction of sp³-hybridized carbons (Fsp3) is 0.588. The van der Waals surface area contributed by atoms with Crippen molar-refractivity contribution in [3.05, 3.63) is 35.4 Å². The van der Waals surface area contributed by atoms with Crippen molar-refractivity contribution in [2.24, 2.45) is 17.8 Å². The monoisotopic (exact) mass is 273 g/mol. The number of amides is 1. The van der Waals surface area contributed by atoms with Crippen LogP contribution >= 0.6 is 0 Å². The summed E-state index contributed by atoms with van der Waals surface area (Å²) in [5.74, 6) is 2.51. The summed E-state index contributed by atoms with van der Waals surface area (Å²) in [4.78, 5) is 12.0. The molecule has 0 radical (unpaired) electrons. The summed E-state index contributed by atoms with van der Waals surface area (Å²) in [5.41, 5.74) is 1.95. The van der Waals surface area contributed by atoms with Gasteiger partial charge in [-0.15, -0.1) is 0 Å². The highest BCUT2D eigenvalue weighted by molar-refractivity contribution is 5.76. The van der Waals surface area contributed by atoms with Gasteiger partial charge in [0.1, 0.15) is 0 Å². The van der Waals surface area contributed by atoms with E-state index in [9.17, 15) is 4.79 Å². The van der Waals surface area contributed by atoms with E-state index in [1.54, 1.807) is 0 Å². The van der Waals surface area contributed by atoms with E-state index in [0.717, 1.165) is 23.0 Å². The Morgan fingerprint density at radius 3 is 2.80 bits per heavy atom. The molecular weight excluding hydrogens is 250 g/mol. The Bertz CT molecular complexity index is 486. The summed E-state index contributed by atoms with van der Waals surface area (Å²) in [5, 5.41) is 12.1. The number of benzene rings is 1. The zero-order valence-corrected chi connectivity index (χ0v) is 11.8. The first kappa shape index (κ1) is 13.6. The Hall–Kier alpha value is -1.35. The summed E-state index contributed by atoms with van der Waals surface area (Å²) in [6, 6.07) is 7.73. The number of aliphatic hydroxyl groups excluding tert-OH is 1. The molecule has 20 heavy (non-hydrogen) atoms. The maximum absolute atomic E-state index is 12.0. The number of carbonyl (C=O) groups excluding carboxylic acids is 1. The molecule has 3 nitrogen and oxygen atoms in total. The Morgan fingerprint density at radius 1 is 1.25 bits per heavy atom. The molecule has 1 amide bonds. The van der Waals surface area contributed by atoms with Crippen molar-refractivity contribution in [3.63, 3.8) is 0 Å². The van der Waals surface area contributed by atoms with Gasteiger partial charge in [0.25, 0.3) is 0 Å². The van der Waals surface area contributed by atoms with Crippen molar-refractivity contribution in [3.8, 4) is 0 Å². The Balaban J connectivity index is 1.47. The van der Waals surface area contributed by atoms with E-state index >= 15 is 0 Å². The number of carbonyl (C=O) groups is 1. The average Bonchev–Trinajstić information content (AvgIpc) is 3.08. The van der Waals surface area contributed by atoms with Crippen LogP contribution in [-0.2, 0) is 17.9 Å². The molecule has 3 atom stereocenters. The van der Waals surface area contributed by atoms with Crippen LogP contribution < -0.4 is 5.32 Å². The van der Waals surface area contributed by atoms with Gasteiger partial charge in [-0.05, 0) is 48.1 Å². The van der Waals surface area contributed by atoms with Gasteiger partial charge in [-0.1, -0.05) is 30.7 Å². The fourth-order valence-corrected chi connectivity index (χ4v) is 3.98. The van der Waals surface area contributed by atoms with Crippen molar-refractivity contribution >= 4 is 5.91 Å². The topological polar surface area (TPSA) is 49.3 Å². The summed E-state index contributed by atoms with van der Waals surface area (Å²) >= 11 is 0. The first-order valence-corrected chi connectivity index (χ1v) is 7.70. The van der Waals surface area contributed by atoms with Gasteiger partial charge in [-0.3, -0.25) is 4.79 Å². The van der Waals surface area contributed by atoms with Gasteiger partial charge >= 0.3 is 0 Å². The van der Waals surface area contributed by atoms with Gasteiger partial charge in [0.05, 0.1) is 6.61 Å². The van der Waals surface area contributed by atoms with E-state index in [-0.39, 0.29) is 12.5 Å². The Kier molecular flexibility index (Phi) is 4.06. The van der Waals surface area contributed by atoms with Crippen LogP contribution in [0.1, 0.15) is 43.2 Å². The fourth-order valence-electron chi connectivity index (χ4n) is 3.98. The van der Waals surface area contributed by atoms with Crippen LogP contribution in [0.4, 0.5) is 0 Å². The minimum Gasteiger partial charge on any atom is -0.392 e. The second-order valence-electron chi connectivity index (χ2n) is 6.39. The molecule has 1 aromatic carbocycles. The SMILES string of the molecule is O=C(CC1CC2CCC1C2)NCc1cccc(CO)c1. The molecule has 3 heteroatoms. The van der Waals surface area contributed by atoms with E-state index in [0.29, 0.717) is 18.9 Å². The average molecular weight is 273 g/mol. The van der Waals surface area contributed by atoms with Crippen LogP contribution in [0.25, 0.3) is 0 Å². The number of hydrogen-bond donors (Lipinski definition) is 2. The molecule has 2 aliphatic carbocycles. The van der Waals surface area contributed by atoms with Crippen molar-refractivity contribution in [2.45, 2.75) is 45.3 Å². The molecule has 0 aliphatic heterocycles. The molecule has 2 fully saturated rings. The number of rotatable bonds is 5. The molecule has 0 aromatic heterocycles. The smallest absolute Gasteiger partial charge is 0.220 e. The van der Waals surface area contributed by atoms with Crippen LogP contribution in [0.2, 0.25) is 0 Å². The van der Waals surface area contributed by atoms with Crippen molar-refractivity contribution in [1.29, 1.82) is 0 Å². The molecular formula is C17H23NO2. The number of hydrogen-bond acceptors (Lipinski definition) is 2. The van der Waals surface area contributed by atoms with Gasteiger partial charge in [-0.25, -0.2) is 0 Å². The second kappa shape index (κ2) is 5.96. The normalized spacial score (nSPS) is 27.8. The Labute approximate surface area is 120 Å². The lowest BCUT2D eigenvalue weighted by atomic mass is 9.86. The lowest BCUT2D eigenvalue weighted by Crippen LogP contribution is -2.26. The Morgan fingerprint density at radius 2 is 2.10 bits per heavy atom. The standard InChI is InChI=1S/C17H23NO2/c19-11-14-3-1-2-13(6-14)10-18-17(20)9-16-8-12-4-5-15(16)7-12/h1-3,6,12,15-16,19H,4-5,7-11H2,(H,18,20). The maximum Gasteiger partial charge on any atom is 0.220 e. The number of aliphatic hydroxyl groups is 1. The molecule has 2 saturated carbocycles. The van der Waals surface area contributed by atoms with Crippen LogP contribution in [0.5, 0.6) is 0 Å². The predicted octanol–water partition coefficient (Wildman–Crippen LogP) is 2.62. The predicted molar refractivity (Wildman–Crippen MR) is 77.8 cm³/mol. The minimum atomic E-state index is 0.0485. The molecule has 2 N–H and O–H groups in total. The van der Waals surface area contributed by atoms with Crippen LogP contribution in [-0.4, -0.2) is 11.0 Å². The lowest BCUT2D eigenvalue weighted by molar-refractivity contribution is -0.122. The molecule has 1 aromatic rings. The zero-order valence-electron chi connectivity index (χ0n) is 11.8. The summed E-state index contributed by atoms with van der Waals surface area (Å²) < 4.78 is 0. The van der Waals surface area contributed by atoms with Gasteiger partial charge in [0.15, 0.2) is 0 Å². The van der Waals surface area contributed by atoms with E-state index in [4.69, 9.17) is 5.11 Å². The maximum atomic E-state index is 12.0. The molecule has 0 spiro atoms. The quantitative estimate of drug-likeness (QED) is 0.866. The highest BCUT2D eigenvalue weighted by atomic mass is 16.3. The highest BCUT2D eigenvalue weighted by Crippen LogP contribution is 2.49. The van der Waals surface area contributed by atoms with E-state index in [1.165, 1.54) is 25.7 Å². The van der Waals surface area contributed by atoms with Crippen LogP contribution in [0.3, 0.4) is 0 Å². The van der Waals surface area contributed by atoms with Crippen LogP contribution in [0, 0.1) is 17.8 Å². The minimum absolute atomic E-state index is 0.0485. The molecule has 108 valence electrons. The molecule has 3 rings (SSSR count). The van der Waals surface area contributed by atoms with E-state index in [1.807, 2.05) is 24.3 Å². The first-order valence-electron chi connectivity index (χ1n) is 7.70. The van der Waals surface area contributed by atoms with Crippen molar-refractivity contribution in [1.82, 2.24) is 5.32 Å². The number of fused-ring (bicyclic) bond motifs is 2. The van der Waals surface area contributed by atoms with Crippen LogP contribution in [0.15, 0.2) is 24.3 Å². The molecule has 2 aliphatic rings. The van der Waals surface area contributed by atoms with Crippen molar-refractivity contribution < 1.29 is 9.90 Å². The third-order valence-corrected chi connectivity index (χ3v) is 5.00. The molecule has 0 heterocycles. The summed E-state index contributed by atoms with van der Waals surface area (Å²) in [7, 11) is 0.